The van der Waals surface area contributed by atoms with Crippen molar-refractivity contribution in [2.24, 2.45) is 0 Å². The van der Waals surface area contributed by atoms with Crippen LogP contribution in [-0.2, 0) is 9.59 Å². The lowest BCUT2D eigenvalue weighted by molar-refractivity contribution is -0.114. The number of anilines is 2. The van der Waals surface area contributed by atoms with Crippen molar-refractivity contribution in [2.45, 2.75) is 12.1 Å². The second kappa shape index (κ2) is 8.32. The number of benzene rings is 3. The molecule has 0 saturated carbocycles. The topological polar surface area (TPSA) is 88.4 Å². The van der Waals surface area contributed by atoms with E-state index in [9.17, 15) is 9.59 Å². The van der Waals surface area contributed by atoms with Crippen LogP contribution in [0.4, 0.5) is 11.4 Å². The first-order valence-electron chi connectivity index (χ1n) is 10.0. The van der Waals surface area contributed by atoms with Gasteiger partial charge in [0.05, 0.1) is 22.3 Å². The van der Waals surface area contributed by atoms with Crippen LogP contribution in [-0.4, -0.2) is 31.9 Å². The maximum absolute atomic E-state index is 12.6. The zero-order chi connectivity index (χ0) is 22.1. The largest absolute Gasteiger partial charge is 0.326 e. The van der Waals surface area contributed by atoms with Gasteiger partial charge in [-0.2, -0.15) is 0 Å². The Labute approximate surface area is 187 Å². The molecule has 7 nitrogen and oxygen atoms in total. The number of carbonyl (C=O) groups is 2. The van der Waals surface area contributed by atoms with Crippen molar-refractivity contribution in [3.05, 3.63) is 72.8 Å². The molecule has 0 aliphatic heterocycles. The summed E-state index contributed by atoms with van der Waals surface area (Å²) in [6, 6.07) is 22.8. The fourth-order valence-corrected chi connectivity index (χ4v) is 4.39. The van der Waals surface area contributed by atoms with Crippen LogP contribution in [0, 0.1) is 0 Å². The second-order valence-corrected chi connectivity index (χ2v) is 8.21. The molecule has 32 heavy (non-hydrogen) atoms. The van der Waals surface area contributed by atoms with Gasteiger partial charge in [-0.15, -0.1) is 0 Å². The van der Waals surface area contributed by atoms with Gasteiger partial charge in [0.1, 0.15) is 5.65 Å². The summed E-state index contributed by atoms with van der Waals surface area (Å²) in [6.45, 7) is 1.45. The number of fused-ring (bicyclic) bond motifs is 5. The number of carbonyl (C=O) groups excluding carboxylic acids is 2. The van der Waals surface area contributed by atoms with Crippen LogP contribution in [0.5, 0.6) is 0 Å². The molecule has 8 heteroatoms. The summed E-state index contributed by atoms with van der Waals surface area (Å²) < 4.78 is 2.01. The maximum atomic E-state index is 12.6. The van der Waals surface area contributed by atoms with E-state index in [4.69, 9.17) is 9.97 Å². The predicted molar refractivity (Wildman–Crippen MR) is 128 cm³/mol. The smallest absolute Gasteiger partial charge is 0.234 e. The summed E-state index contributed by atoms with van der Waals surface area (Å²) in [4.78, 5) is 33.3. The monoisotopic (exact) mass is 441 g/mol. The molecular weight excluding hydrogens is 422 g/mol. The van der Waals surface area contributed by atoms with Gasteiger partial charge in [0.15, 0.2) is 5.16 Å². The van der Waals surface area contributed by atoms with Gasteiger partial charge in [0.2, 0.25) is 11.8 Å². The van der Waals surface area contributed by atoms with Crippen LogP contribution in [0.3, 0.4) is 0 Å². The highest BCUT2D eigenvalue weighted by molar-refractivity contribution is 7.99. The first-order chi connectivity index (χ1) is 15.6. The highest BCUT2D eigenvalue weighted by Crippen LogP contribution is 2.29. The van der Waals surface area contributed by atoms with Crippen molar-refractivity contribution < 1.29 is 9.59 Å². The lowest BCUT2D eigenvalue weighted by Gasteiger charge is -2.09. The Hall–Kier alpha value is -3.91. The Kier molecular flexibility index (Phi) is 5.20. The van der Waals surface area contributed by atoms with Gasteiger partial charge in [-0.1, -0.05) is 36.0 Å². The summed E-state index contributed by atoms with van der Waals surface area (Å²) in [7, 11) is 0. The minimum absolute atomic E-state index is 0.139. The standard InChI is InChI=1S/C24H19N5O2S/c1-15(30)25-16-10-12-17(13-11-16)26-22(31)14-32-24-28-19-7-3-2-6-18(19)23-27-20-8-4-5-9-21(20)29(23)24/h2-13H,14H2,1H3,(H,25,30)(H,26,31). The number of imidazole rings is 1. The first-order valence-corrected chi connectivity index (χ1v) is 11.0. The van der Waals surface area contributed by atoms with E-state index in [1.165, 1.54) is 18.7 Å². The average Bonchev–Trinajstić information content (AvgIpc) is 3.19. The molecule has 2 N–H and O–H groups in total. The van der Waals surface area contributed by atoms with Crippen LogP contribution in [0.2, 0.25) is 0 Å². The Bertz CT molecular complexity index is 1480. The van der Waals surface area contributed by atoms with Crippen LogP contribution < -0.4 is 10.6 Å². The first kappa shape index (κ1) is 20.0. The summed E-state index contributed by atoms with van der Waals surface area (Å²) in [5, 5.41) is 7.27. The highest BCUT2D eigenvalue weighted by atomic mass is 32.2. The Morgan fingerprint density at radius 2 is 1.50 bits per heavy atom. The fourth-order valence-electron chi connectivity index (χ4n) is 3.58. The van der Waals surface area contributed by atoms with E-state index in [0.29, 0.717) is 16.5 Å². The van der Waals surface area contributed by atoms with E-state index in [1.807, 2.05) is 52.9 Å². The molecule has 158 valence electrons. The third-order valence-corrected chi connectivity index (χ3v) is 5.87. The van der Waals surface area contributed by atoms with E-state index in [-0.39, 0.29) is 17.6 Å². The van der Waals surface area contributed by atoms with Gasteiger partial charge in [0, 0.05) is 23.7 Å². The number of thioether (sulfide) groups is 1. The van der Waals surface area contributed by atoms with Crippen molar-refractivity contribution in [2.75, 3.05) is 16.4 Å². The molecule has 2 aromatic heterocycles. The van der Waals surface area contributed by atoms with Gasteiger partial charge in [-0.3, -0.25) is 14.0 Å². The molecule has 0 fully saturated rings. The van der Waals surface area contributed by atoms with Crippen LogP contribution in [0.25, 0.3) is 27.6 Å². The average molecular weight is 442 g/mol. The normalized spacial score (nSPS) is 11.2. The lowest BCUT2D eigenvalue weighted by atomic mass is 10.2. The molecular formula is C24H19N5O2S. The molecule has 0 atom stereocenters. The number of hydrogen-bond donors (Lipinski definition) is 2. The van der Waals surface area contributed by atoms with E-state index in [0.717, 1.165) is 27.6 Å². The molecule has 0 radical (unpaired) electrons. The molecule has 5 rings (SSSR count). The Morgan fingerprint density at radius 1 is 0.844 bits per heavy atom. The number of hydrogen-bond acceptors (Lipinski definition) is 5. The Morgan fingerprint density at radius 3 is 2.25 bits per heavy atom. The molecule has 0 bridgehead atoms. The maximum Gasteiger partial charge on any atom is 0.234 e. The molecule has 0 unspecified atom stereocenters. The van der Waals surface area contributed by atoms with Crippen LogP contribution in [0.15, 0.2) is 78.0 Å². The highest BCUT2D eigenvalue weighted by Gasteiger charge is 2.15. The molecule has 2 amide bonds. The van der Waals surface area contributed by atoms with E-state index in [1.54, 1.807) is 24.3 Å². The summed E-state index contributed by atoms with van der Waals surface area (Å²) in [5.41, 5.74) is 4.85. The molecule has 3 aromatic carbocycles. The van der Waals surface area contributed by atoms with Crippen molar-refractivity contribution in [3.63, 3.8) is 0 Å². The van der Waals surface area contributed by atoms with E-state index < -0.39 is 0 Å². The minimum atomic E-state index is -0.144. The molecule has 5 aromatic rings. The number of nitrogens with one attached hydrogen (secondary N) is 2. The van der Waals surface area contributed by atoms with Gasteiger partial charge in [0.25, 0.3) is 0 Å². The zero-order valence-electron chi connectivity index (χ0n) is 17.2. The fraction of sp³-hybridized carbons (Fsp3) is 0.0833. The van der Waals surface area contributed by atoms with Crippen LogP contribution >= 0.6 is 11.8 Å². The van der Waals surface area contributed by atoms with Gasteiger partial charge in [-0.25, -0.2) is 9.97 Å². The van der Waals surface area contributed by atoms with E-state index >= 15 is 0 Å². The molecule has 0 aliphatic rings. The van der Waals surface area contributed by atoms with Crippen LogP contribution in [0.1, 0.15) is 6.92 Å². The number of nitrogens with zero attached hydrogens (tertiary/aromatic N) is 3. The second-order valence-electron chi connectivity index (χ2n) is 7.27. The van der Waals surface area contributed by atoms with Gasteiger partial charge in [-0.05, 0) is 48.5 Å². The summed E-state index contributed by atoms with van der Waals surface area (Å²) in [6.07, 6.45) is 0. The third kappa shape index (κ3) is 3.88. The van der Waals surface area contributed by atoms with Gasteiger partial charge >= 0.3 is 0 Å². The predicted octanol–water partition coefficient (Wildman–Crippen LogP) is 4.72. The zero-order valence-corrected chi connectivity index (χ0v) is 18.0. The number of para-hydroxylation sites is 3. The van der Waals surface area contributed by atoms with E-state index in [2.05, 4.69) is 10.6 Å². The molecule has 0 spiro atoms. The lowest BCUT2D eigenvalue weighted by Crippen LogP contribution is -2.14. The number of rotatable bonds is 5. The summed E-state index contributed by atoms with van der Waals surface area (Å²) in [5.74, 6) is -0.0883. The minimum Gasteiger partial charge on any atom is -0.326 e. The summed E-state index contributed by atoms with van der Waals surface area (Å²) >= 11 is 1.37. The number of aromatic nitrogens is 3. The third-order valence-electron chi connectivity index (χ3n) is 4.93. The SMILES string of the molecule is CC(=O)Nc1ccc(NC(=O)CSc2nc3ccccc3c3nc4ccccc4n23)cc1. The van der Waals surface area contributed by atoms with Crippen molar-refractivity contribution in [3.8, 4) is 0 Å². The molecule has 2 heterocycles. The van der Waals surface area contributed by atoms with Crippen molar-refractivity contribution in [1.29, 1.82) is 0 Å². The molecule has 0 saturated heterocycles. The van der Waals surface area contributed by atoms with Crippen molar-refractivity contribution >= 4 is 62.5 Å². The molecule has 0 aliphatic carbocycles. The van der Waals surface area contributed by atoms with Crippen molar-refractivity contribution in [1.82, 2.24) is 14.4 Å². The van der Waals surface area contributed by atoms with Gasteiger partial charge < -0.3 is 10.6 Å². The number of amides is 2. The Balaban J connectivity index is 1.41. The quantitative estimate of drug-likeness (QED) is 0.304.